The Morgan fingerprint density at radius 3 is 2.67 bits per heavy atom. The topological polar surface area (TPSA) is 168 Å². The summed E-state index contributed by atoms with van der Waals surface area (Å²) in [4.78, 5) is 12.3. The van der Waals surface area contributed by atoms with Crippen LogP contribution in [0.15, 0.2) is 34.8 Å². The first-order chi connectivity index (χ1) is 12.7. The zero-order chi connectivity index (χ0) is 20.0. The minimum atomic E-state index is -4.83. The molecule has 0 N–H and O–H groups in total. The van der Waals surface area contributed by atoms with E-state index < -0.39 is 21.9 Å². The molecule has 0 saturated heterocycles. The van der Waals surface area contributed by atoms with Gasteiger partial charge in [-0.1, -0.05) is 0 Å². The summed E-state index contributed by atoms with van der Waals surface area (Å²) in [5, 5.41) is 26.6. The van der Waals surface area contributed by atoms with Crippen LogP contribution in [0, 0.1) is 10.1 Å². The van der Waals surface area contributed by atoms with Gasteiger partial charge in [0.25, 0.3) is 11.6 Å². The maximum absolute atomic E-state index is 11.4. The van der Waals surface area contributed by atoms with E-state index >= 15 is 0 Å². The van der Waals surface area contributed by atoms with Gasteiger partial charge in [-0.2, -0.15) is 0 Å². The van der Waals surface area contributed by atoms with E-state index in [1.54, 1.807) is 14.0 Å². The van der Waals surface area contributed by atoms with E-state index in [0.29, 0.717) is 6.54 Å². The fourth-order valence-electron chi connectivity index (χ4n) is 2.16. The molecule has 0 bridgehead atoms. The number of aromatic nitrogens is 3. The molecular formula is C13H16N7O6S-. The molecule has 0 atom stereocenters. The van der Waals surface area contributed by atoms with Crippen molar-refractivity contribution in [2.75, 3.05) is 24.6 Å². The van der Waals surface area contributed by atoms with Crippen LogP contribution in [0.4, 0.5) is 23.0 Å². The summed E-state index contributed by atoms with van der Waals surface area (Å²) in [6.45, 7) is 1.59. The predicted molar refractivity (Wildman–Crippen MR) is 91.8 cm³/mol. The van der Waals surface area contributed by atoms with Gasteiger partial charge >= 0.3 is 0 Å². The summed E-state index contributed by atoms with van der Waals surface area (Å²) in [6, 6.07) is 4.19. The Labute approximate surface area is 154 Å². The minimum Gasteiger partial charge on any atom is -0.726 e. The number of hydrogen-bond acceptors (Lipinski definition) is 11. The Kier molecular flexibility index (Phi) is 6.49. The summed E-state index contributed by atoms with van der Waals surface area (Å²) >= 11 is 0. The number of aryl methyl sites for hydroxylation is 1. The van der Waals surface area contributed by atoms with Crippen molar-refractivity contribution in [2.45, 2.75) is 6.92 Å². The highest BCUT2D eigenvalue weighted by molar-refractivity contribution is 7.80. The van der Waals surface area contributed by atoms with Crippen LogP contribution in [0.3, 0.4) is 0 Å². The van der Waals surface area contributed by atoms with Crippen LogP contribution in [0.5, 0.6) is 0 Å². The lowest BCUT2D eigenvalue weighted by atomic mass is 10.2. The lowest BCUT2D eigenvalue weighted by Gasteiger charge is -2.23. The van der Waals surface area contributed by atoms with E-state index in [0.717, 1.165) is 0 Å². The Morgan fingerprint density at radius 2 is 2.11 bits per heavy atom. The number of nitro groups is 1. The molecule has 2 aromatic rings. The molecule has 0 fully saturated rings. The van der Waals surface area contributed by atoms with Gasteiger partial charge in [0.2, 0.25) is 10.4 Å². The molecule has 0 aliphatic rings. The number of anilines is 1. The zero-order valence-electron chi connectivity index (χ0n) is 14.4. The first kappa shape index (κ1) is 20.3. The van der Waals surface area contributed by atoms with E-state index in [9.17, 15) is 23.1 Å². The average Bonchev–Trinajstić information content (AvgIpc) is 3.01. The predicted octanol–water partition coefficient (Wildman–Crippen LogP) is 1.44. The smallest absolute Gasteiger partial charge is 0.294 e. The molecule has 0 spiro atoms. The molecule has 0 amide bonds. The highest BCUT2D eigenvalue weighted by Gasteiger charge is 2.19. The van der Waals surface area contributed by atoms with Crippen LogP contribution in [-0.2, 0) is 21.6 Å². The lowest BCUT2D eigenvalue weighted by Crippen LogP contribution is -2.28. The standard InChI is InChI=1S/C13H17N7O6S/c1-3-19(6-7-26-27(23,24)25)11-5-4-10(8-12(11)20(21)22)15-17-13-16-14-9-18(13)2/h4-5,8-9H,3,6-7H2,1-2H3,(H,23,24,25)/p-1. The first-order valence-electron chi connectivity index (χ1n) is 7.60. The van der Waals surface area contributed by atoms with Crippen molar-refractivity contribution >= 4 is 33.4 Å². The van der Waals surface area contributed by atoms with Gasteiger partial charge in [0.15, 0.2) is 0 Å². The van der Waals surface area contributed by atoms with Gasteiger partial charge in [0, 0.05) is 26.2 Å². The summed E-state index contributed by atoms with van der Waals surface area (Å²) in [6.07, 6.45) is 1.43. The van der Waals surface area contributed by atoms with Crippen LogP contribution < -0.4 is 4.90 Å². The lowest BCUT2D eigenvalue weighted by molar-refractivity contribution is -0.384. The van der Waals surface area contributed by atoms with Crippen LogP contribution in [0.1, 0.15) is 6.92 Å². The number of nitro benzene ring substituents is 1. The Balaban J connectivity index is 2.24. The maximum atomic E-state index is 11.4. The van der Waals surface area contributed by atoms with E-state index in [1.807, 2.05) is 0 Å². The van der Waals surface area contributed by atoms with Crippen molar-refractivity contribution in [1.29, 1.82) is 0 Å². The second-order valence-corrected chi connectivity index (χ2v) is 6.23. The van der Waals surface area contributed by atoms with Crippen LogP contribution in [-0.4, -0.2) is 52.4 Å². The van der Waals surface area contributed by atoms with E-state index in [4.69, 9.17) is 0 Å². The molecule has 27 heavy (non-hydrogen) atoms. The third-order valence-electron chi connectivity index (χ3n) is 3.41. The molecule has 0 saturated carbocycles. The number of benzene rings is 1. The molecule has 0 unspecified atom stereocenters. The van der Waals surface area contributed by atoms with Crippen molar-refractivity contribution in [2.24, 2.45) is 17.3 Å². The van der Waals surface area contributed by atoms with Crippen molar-refractivity contribution in [3.63, 3.8) is 0 Å². The SMILES string of the molecule is CCN(CCOS(=O)(=O)[O-])c1ccc(N=Nc2nncn2C)cc1[N+](=O)[O-]. The van der Waals surface area contributed by atoms with Crippen molar-refractivity contribution in [3.05, 3.63) is 34.6 Å². The van der Waals surface area contributed by atoms with Crippen molar-refractivity contribution in [3.8, 4) is 0 Å². The number of azo groups is 1. The fourth-order valence-corrected chi connectivity index (χ4v) is 2.43. The van der Waals surface area contributed by atoms with Gasteiger partial charge in [-0.15, -0.1) is 20.4 Å². The molecule has 2 rings (SSSR count). The summed E-state index contributed by atoms with van der Waals surface area (Å²) in [5.41, 5.74) is 0.200. The fraction of sp³-hybridized carbons (Fsp3) is 0.385. The molecule has 0 aliphatic carbocycles. The second-order valence-electron chi connectivity index (χ2n) is 5.18. The third kappa shape index (κ3) is 5.77. The van der Waals surface area contributed by atoms with Crippen LogP contribution in [0.2, 0.25) is 0 Å². The summed E-state index contributed by atoms with van der Waals surface area (Å²) in [7, 11) is -3.16. The van der Waals surface area contributed by atoms with Gasteiger partial charge in [0.1, 0.15) is 12.0 Å². The van der Waals surface area contributed by atoms with Crippen molar-refractivity contribution in [1.82, 2.24) is 14.8 Å². The summed E-state index contributed by atoms with van der Waals surface area (Å²) < 4.78 is 37.2. The Morgan fingerprint density at radius 1 is 1.37 bits per heavy atom. The quantitative estimate of drug-likeness (QED) is 0.199. The molecule has 1 aromatic carbocycles. The van der Waals surface area contributed by atoms with Crippen LogP contribution >= 0.6 is 0 Å². The monoisotopic (exact) mass is 398 g/mol. The number of likely N-dealkylation sites (N-methyl/N-ethyl adjacent to an activating group) is 1. The highest BCUT2D eigenvalue weighted by Crippen LogP contribution is 2.32. The zero-order valence-corrected chi connectivity index (χ0v) is 15.2. The molecule has 1 heterocycles. The minimum absolute atomic E-state index is 0.0292. The second kappa shape index (κ2) is 8.61. The maximum Gasteiger partial charge on any atom is 0.294 e. The van der Waals surface area contributed by atoms with Gasteiger partial charge < -0.3 is 14.0 Å². The molecule has 146 valence electrons. The molecule has 0 radical (unpaired) electrons. The molecule has 1 aromatic heterocycles. The van der Waals surface area contributed by atoms with Gasteiger partial charge in [-0.05, 0) is 19.1 Å². The molecular weight excluding hydrogens is 382 g/mol. The number of hydrogen-bond donors (Lipinski definition) is 0. The molecule has 14 heteroatoms. The van der Waals surface area contributed by atoms with Gasteiger partial charge in [-0.25, -0.2) is 8.42 Å². The van der Waals surface area contributed by atoms with E-state index in [1.165, 1.54) is 34.0 Å². The van der Waals surface area contributed by atoms with Crippen LogP contribution in [0.25, 0.3) is 0 Å². The normalized spacial score (nSPS) is 11.8. The number of rotatable bonds is 9. The number of nitrogens with zero attached hydrogens (tertiary/aromatic N) is 7. The van der Waals surface area contributed by atoms with Crippen molar-refractivity contribution < 1.29 is 22.1 Å². The van der Waals surface area contributed by atoms with E-state index in [2.05, 4.69) is 24.6 Å². The van der Waals surface area contributed by atoms with E-state index in [-0.39, 0.29) is 29.6 Å². The summed E-state index contributed by atoms with van der Waals surface area (Å²) in [5.74, 6) is 0.230. The average molecular weight is 398 g/mol. The Bertz CT molecular complexity index is 942. The highest BCUT2D eigenvalue weighted by atomic mass is 32.3. The molecule has 13 nitrogen and oxygen atoms in total. The van der Waals surface area contributed by atoms with Gasteiger partial charge in [-0.3, -0.25) is 14.3 Å². The third-order valence-corrected chi connectivity index (χ3v) is 3.86. The molecule has 0 aliphatic heterocycles. The Hall–Kier alpha value is -2.97. The first-order valence-corrected chi connectivity index (χ1v) is 8.94. The largest absolute Gasteiger partial charge is 0.726 e. The van der Waals surface area contributed by atoms with Gasteiger partial charge in [0.05, 0.1) is 17.2 Å².